The molecule has 0 spiro atoms. The second-order valence-corrected chi connectivity index (χ2v) is 7.14. The molecule has 0 saturated carbocycles. The standard InChI is InChI=1S/C14H22ClNO2S/c1-3-10-16(19(17,18)11-4-9-15)12-14-7-5-13(2)6-8-14/h5-8H,3-4,9-12H2,1-2H3. The molecule has 1 aromatic rings. The molecule has 0 aromatic heterocycles. The van der Waals surface area contributed by atoms with Crippen molar-refractivity contribution in [3.05, 3.63) is 35.4 Å². The highest BCUT2D eigenvalue weighted by atomic mass is 35.5. The molecule has 0 aliphatic heterocycles. The molecule has 3 nitrogen and oxygen atoms in total. The van der Waals surface area contributed by atoms with Crippen LogP contribution >= 0.6 is 11.6 Å². The SMILES string of the molecule is CCCN(Cc1ccc(C)cc1)S(=O)(=O)CCCCl. The van der Waals surface area contributed by atoms with E-state index in [0.717, 1.165) is 12.0 Å². The van der Waals surface area contributed by atoms with Crippen LogP contribution in [0, 0.1) is 6.92 Å². The molecule has 1 rings (SSSR count). The van der Waals surface area contributed by atoms with Crippen LogP contribution in [0.4, 0.5) is 0 Å². The molecule has 0 fully saturated rings. The van der Waals surface area contributed by atoms with E-state index in [0.29, 0.717) is 25.4 Å². The number of hydrogen-bond donors (Lipinski definition) is 0. The number of rotatable bonds is 8. The van der Waals surface area contributed by atoms with Gasteiger partial charge in [-0.2, -0.15) is 4.31 Å². The zero-order valence-electron chi connectivity index (χ0n) is 11.6. The van der Waals surface area contributed by atoms with Gasteiger partial charge in [0.15, 0.2) is 0 Å². The summed E-state index contributed by atoms with van der Waals surface area (Å²) in [6.07, 6.45) is 1.31. The zero-order valence-corrected chi connectivity index (χ0v) is 13.2. The average Bonchev–Trinajstić information content (AvgIpc) is 2.38. The van der Waals surface area contributed by atoms with Crippen molar-refractivity contribution in [1.29, 1.82) is 0 Å². The number of hydrogen-bond acceptors (Lipinski definition) is 2. The van der Waals surface area contributed by atoms with E-state index in [4.69, 9.17) is 11.6 Å². The summed E-state index contributed by atoms with van der Waals surface area (Å²) < 4.78 is 26.0. The third-order valence-electron chi connectivity index (χ3n) is 2.88. The second kappa shape index (κ2) is 7.88. The maximum Gasteiger partial charge on any atom is 0.214 e. The minimum absolute atomic E-state index is 0.127. The van der Waals surface area contributed by atoms with Crippen LogP contribution in [-0.4, -0.2) is 30.9 Å². The molecule has 0 aliphatic carbocycles. The van der Waals surface area contributed by atoms with Crippen molar-refractivity contribution in [3.8, 4) is 0 Å². The van der Waals surface area contributed by atoms with Gasteiger partial charge in [0.2, 0.25) is 10.0 Å². The highest BCUT2D eigenvalue weighted by molar-refractivity contribution is 7.89. The fourth-order valence-corrected chi connectivity index (χ4v) is 3.70. The summed E-state index contributed by atoms with van der Waals surface area (Å²) in [7, 11) is -3.21. The molecule has 108 valence electrons. The Kier molecular flexibility index (Phi) is 6.83. The predicted molar refractivity (Wildman–Crippen MR) is 81.0 cm³/mol. The van der Waals surface area contributed by atoms with Gasteiger partial charge in [-0.15, -0.1) is 11.6 Å². The average molecular weight is 304 g/mol. The van der Waals surface area contributed by atoms with E-state index >= 15 is 0 Å². The minimum Gasteiger partial charge on any atom is -0.212 e. The summed E-state index contributed by atoms with van der Waals surface area (Å²) in [5.41, 5.74) is 2.20. The van der Waals surface area contributed by atoms with E-state index < -0.39 is 10.0 Å². The van der Waals surface area contributed by atoms with Crippen LogP contribution in [0.5, 0.6) is 0 Å². The molecule has 5 heteroatoms. The molecule has 0 bridgehead atoms. The van der Waals surface area contributed by atoms with Gasteiger partial charge in [-0.1, -0.05) is 36.8 Å². The molecule has 0 amide bonds. The second-order valence-electron chi connectivity index (χ2n) is 4.68. The number of nitrogens with zero attached hydrogens (tertiary/aromatic N) is 1. The maximum atomic E-state index is 12.2. The smallest absolute Gasteiger partial charge is 0.212 e. The lowest BCUT2D eigenvalue weighted by Gasteiger charge is -2.21. The molecule has 19 heavy (non-hydrogen) atoms. The first-order valence-electron chi connectivity index (χ1n) is 6.59. The first-order chi connectivity index (χ1) is 8.99. The normalized spacial score (nSPS) is 12.0. The molecule has 0 heterocycles. The van der Waals surface area contributed by atoms with Gasteiger partial charge in [-0.3, -0.25) is 0 Å². The Balaban J connectivity index is 2.79. The summed E-state index contributed by atoms with van der Waals surface area (Å²) in [5.74, 6) is 0.506. The van der Waals surface area contributed by atoms with Crippen LogP contribution in [0.2, 0.25) is 0 Å². The Morgan fingerprint density at radius 1 is 1.21 bits per heavy atom. The molecular weight excluding hydrogens is 282 g/mol. The zero-order chi connectivity index (χ0) is 14.3. The van der Waals surface area contributed by atoms with Gasteiger partial charge in [0.25, 0.3) is 0 Å². The van der Waals surface area contributed by atoms with Crippen LogP contribution in [0.25, 0.3) is 0 Å². The van der Waals surface area contributed by atoms with Gasteiger partial charge in [0.05, 0.1) is 5.75 Å². The third kappa shape index (κ3) is 5.51. The highest BCUT2D eigenvalue weighted by Crippen LogP contribution is 2.12. The van der Waals surface area contributed by atoms with Crippen molar-refractivity contribution in [2.45, 2.75) is 33.2 Å². The molecule has 0 saturated heterocycles. The lowest BCUT2D eigenvalue weighted by Crippen LogP contribution is -2.33. The van der Waals surface area contributed by atoms with Crippen LogP contribution < -0.4 is 0 Å². The molecule has 1 aromatic carbocycles. The van der Waals surface area contributed by atoms with Crippen molar-refractivity contribution in [3.63, 3.8) is 0 Å². The van der Waals surface area contributed by atoms with Crippen molar-refractivity contribution in [2.24, 2.45) is 0 Å². The molecule has 0 atom stereocenters. The molecular formula is C14H22ClNO2S. The molecule has 0 radical (unpaired) electrons. The van der Waals surface area contributed by atoms with Crippen LogP contribution in [0.1, 0.15) is 30.9 Å². The summed E-state index contributed by atoms with van der Waals surface area (Å²) in [6.45, 7) is 5.00. The Morgan fingerprint density at radius 2 is 1.84 bits per heavy atom. The lowest BCUT2D eigenvalue weighted by molar-refractivity contribution is 0.405. The Morgan fingerprint density at radius 3 is 2.37 bits per heavy atom. The van der Waals surface area contributed by atoms with E-state index in [-0.39, 0.29) is 5.75 Å². The first-order valence-corrected chi connectivity index (χ1v) is 8.73. The van der Waals surface area contributed by atoms with Gasteiger partial charge in [0.1, 0.15) is 0 Å². The van der Waals surface area contributed by atoms with Gasteiger partial charge >= 0.3 is 0 Å². The van der Waals surface area contributed by atoms with Crippen molar-refractivity contribution >= 4 is 21.6 Å². The Hall–Kier alpha value is -0.580. The number of benzene rings is 1. The maximum absolute atomic E-state index is 12.2. The quantitative estimate of drug-likeness (QED) is 0.692. The monoisotopic (exact) mass is 303 g/mol. The number of sulfonamides is 1. The van der Waals surface area contributed by atoms with Crippen LogP contribution in [-0.2, 0) is 16.6 Å². The minimum atomic E-state index is -3.21. The molecule has 0 N–H and O–H groups in total. The Bertz CT molecular complexity index is 471. The van der Waals surface area contributed by atoms with Crippen molar-refractivity contribution in [1.82, 2.24) is 4.31 Å². The summed E-state index contributed by atoms with van der Waals surface area (Å²) >= 11 is 5.58. The molecule has 0 aliphatic rings. The summed E-state index contributed by atoms with van der Waals surface area (Å²) in [6, 6.07) is 7.97. The van der Waals surface area contributed by atoms with E-state index in [1.165, 1.54) is 5.56 Å². The number of aryl methyl sites for hydroxylation is 1. The number of alkyl halides is 1. The summed E-state index contributed by atoms with van der Waals surface area (Å²) in [5, 5.41) is 0. The van der Waals surface area contributed by atoms with Crippen molar-refractivity contribution < 1.29 is 8.42 Å². The largest absolute Gasteiger partial charge is 0.214 e. The topological polar surface area (TPSA) is 37.4 Å². The third-order valence-corrected chi connectivity index (χ3v) is 5.05. The van der Waals surface area contributed by atoms with E-state index in [1.54, 1.807) is 4.31 Å². The van der Waals surface area contributed by atoms with Gasteiger partial charge < -0.3 is 0 Å². The van der Waals surface area contributed by atoms with Gasteiger partial charge in [-0.05, 0) is 25.3 Å². The van der Waals surface area contributed by atoms with Crippen LogP contribution in [0.3, 0.4) is 0 Å². The Labute approximate surface area is 121 Å². The van der Waals surface area contributed by atoms with Gasteiger partial charge in [0, 0.05) is 19.0 Å². The first kappa shape index (κ1) is 16.5. The van der Waals surface area contributed by atoms with Gasteiger partial charge in [-0.25, -0.2) is 8.42 Å². The lowest BCUT2D eigenvalue weighted by atomic mass is 10.1. The number of halogens is 1. The van der Waals surface area contributed by atoms with Crippen molar-refractivity contribution in [2.75, 3.05) is 18.2 Å². The van der Waals surface area contributed by atoms with Crippen LogP contribution in [0.15, 0.2) is 24.3 Å². The predicted octanol–water partition coefficient (Wildman–Crippen LogP) is 3.17. The van der Waals surface area contributed by atoms with E-state index in [9.17, 15) is 8.42 Å². The van der Waals surface area contributed by atoms with E-state index in [1.807, 2.05) is 38.1 Å². The fraction of sp³-hybridized carbons (Fsp3) is 0.571. The fourth-order valence-electron chi connectivity index (χ4n) is 1.83. The van der Waals surface area contributed by atoms with E-state index in [2.05, 4.69) is 0 Å². The highest BCUT2D eigenvalue weighted by Gasteiger charge is 2.20. The molecule has 0 unspecified atom stereocenters. The summed E-state index contributed by atoms with van der Waals surface area (Å²) in [4.78, 5) is 0.